The fourth-order valence-corrected chi connectivity index (χ4v) is 1.52. The average molecular weight is 290 g/mol. The molecule has 2 amide bonds. The van der Waals surface area contributed by atoms with E-state index in [1.807, 2.05) is 13.8 Å². The molecule has 0 saturated carbocycles. The summed E-state index contributed by atoms with van der Waals surface area (Å²) < 4.78 is 7.21. The van der Waals surface area contributed by atoms with E-state index in [2.05, 4.69) is 20.8 Å². The zero-order valence-corrected chi connectivity index (χ0v) is 12.4. The van der Waals surface area contributed by atoms with E-state index in [9.17, 15) is 4.79 Å². The van der Waals surface area contributed by atoms with Crippen LogP contribution in [-0.2, 0) is 0 Å². The number of rotatable bonds is 4. The van der Waals surface area contributed by atoms with Crippen molar-refractivity contribution >= 4 is 11.7 Å². The Kier molecular flexibility index (Phi) is 4.36. The van der Waals surface area contributed by atoms with Crippen molar-refractivity contribution in [3.8, 4) is 11.8 Å². The summed E-state index contributed by atoms with van der Waals surface area (Å²) >= 11 is 0. The van der Waals surface area contributed by atoms with Crippen molar-refractivity contribution in [2.75, 3.05) is 19.4 Å². The Balaban J connectivity index is 2.06. The van der Waals surface area contributed by atoms with Gasteiger partial charge in [-0.2, -0.15) is 4.68 Å². The van der Waals surface area contributed by atoms with Crippen molar-refractivity contribution in [1.82, 2.24) is 25.1 Å². The van der Waals surface area contributed by atoms with Crippen LogP contribution in [0.3, 0.4) is 0 Å². The van der Waals surface area contributed by atoms with Crippen molar-refractivity contribution in [3.05, 3.63) is 24.3 Å². The summed E-state index contributed by atoms with van der Waals surface area (Å²) in [7, 11) is 3.36. The van der Waals surface area contributed by atoms with Gasteiger partial charge in [0.25, 0.3) is 0 Å². The molecule has 0 unspecified atom stereocenters. The Labute approximate surface area is 122 Å². The van der Waals surface area contributed by atoms with Gasteiger partial charge in [-0.1, -0.05) is 5.10 Å². The summed E-state index contributed by atoms with van der Waals surface area (Å²) in [5.74, 6) is 0.592. The summed E-state index contributed by atoms with van der Waals surface area (Å²) in [4.78, 5) is 13.0. The molecule has 2 aromatic rings. The number of amides is 2. The van der Waals surface area contributed by atoms with E-state index in [0.717, 1.165) is 0 Å². The van der Waals surface area contributed by atoms with Crippen LogP contribution in [-0.4, -0.2) is 45.2 Å². The lowest BCUT2D eigenvalue weighted by atomic mass is 10.3. The van der Waals surface area contributed by atoms with E-state index in [0.29, 0.717) is 17.4 Å². The Bertz CT molecular complexity index is 605. The molecule has 0 aliphatic rings. The molecule has 1 N–H and O–H groups in total. The molecular formula is C13H18N6O2. The molecule has 1 aromatic heterocycles. The van der Waals surface area contributed by atoms with Gasteiger partial charge in [0.05, 0.1) is 6.04 Å². The Morgan fingerprint density at radius 1 is 1.29 bits per heavy atom. The molecule has 21 heavy (non-hydrogen) atoms. The van der Waals surface area contributed by atoms with Crippen molar-refractivity contribution in [2.45, 2.75) is 19.9 Å². The first-order valence-corrected chi connectivity index (χ1v) is 6.51. The largest absolute Gasteiger partial charge is 0.423 e. The molecule has 0 spiro atoms. The van der Waals surface area contributed by atoms with Crippen LogP contribution in [0, 0.1) is 0 Å². The Morgan fingerprint density at radius 3 is 2.52 bits per heavy atom. The highest BCUT2D eigenvalue weighted by Gasteiger charge is 2.11. The van der Waals surface area contributed by atoms with Crippen molar-refractivity contribution in [1.29, 1.82) is 0 Å². The molecule has 0 atom stereocenters. The summed E-state index contributed by atoms with van der Waals surface area (Å²) in [6.45, 7) is 3.92. The molecular weight excluding hydrogens is 272 g/mol. The maximum absolute atomic E-state index is 11.5. The Morgan fingerprint density at radius 2 is 1.95 bits per heavy atom. The molecule has 0 bridgehead atoms. The lowest BCUT2D eigenvalue weighted by Crippen LogP contribution is -2.27. The molecule has 0 aliphatic carbocycles. The fourth-order valence-electron chi connectivity index (χ4n) is 1.52. The number of tetrazole rings is 1. The van der Waals surface area contributed by atoms with E-state index >= 15 is 0 Å². The summed E-state index contributed by atoms with van der Waals surface area (Å²) in [6, 6.07) is 7.23. The van der Waals surface area contributed by atoms with Gasteiger partial charge in [-0.3, -0.25) is 0 Å². The summed E-state index contributed by atoms with van der Waals surface area (Å²) in [6.07, 6.45) is 0. The molecule has 1 aromatic carbocycles. The number of nitrogens with zero attached hydrogens (tertiary/aromatic N) is 5. The fraction of sp³-hybridized carbons (Fsp3) is 0.385. The molecule has 0 radical (unpaired) electrons. The minimum Gasteiger partial charge on any atom is -0.423 e. The smallest absolute Gasteiger partial charge is 0.341 e. The van der Waals surface area contributed by atoms with Crippen LogP contribution in [0.15, 0.2) is 24.3 Å². The number of benzene rings is 1. The number of carbonyl (C=O) groups is 1. The first-order chi connectivity index (χ1) is 9.97. The molecule has 8 nitrogen and oxygen atoms in total. The molecule has 0 saturated heterocycles. The van der Waals surface area contributed by atoms with Crippen LogP contribution >= 0.6 is 0 Å². The second kappa shape index (κ2) is 6.21. The maximum atomic E-state index is 11.5. The first kappa shape index (κ1) is 14.8. The van der Waals surface area contributed by atoms with E-state index in [4.69, 9.17) is 4.74 Å². The number of aromatic nitrogens is 4. The van der Waals surface area contributed by atoms with Crippen molar-refractivity contribution in [2.24, 2.45) is 0 Å². The lowest BCUT2D eigenvalue weighted by Gasteiger charge is -2.12. The normalized spacial score (nSPS) is 10.5. The van der Waals surface area contributed by atoms with Gasteiger partial charge in [0.2, 0.25) is 0 Å². The number of anilines is 1. The van der Waals surface area contributed by atoms with Crippen LogP contribution in [0.4, 0.5) is 10.5 Å². The molecule has 0 fully saturated rings. The summed E-state index contributed by atoms with van der Waals surface area (Å²) in [5.41, 5.74) is 0.685. The maximum Gasteiger partial charge on any atom is 0.341 e. The highest BCUT2D eigenvalue weighted by atomic mass is 16.5. The van der Waals surface area contributed by atoms with E-state index < -0.39 is 0 Å². The minimum absolute atomic E-state index is 0.105. The van der Waals surface area contributed by atoms with Gasteiger partial charge in [0, 0.05) is 19.8 Å². The SMILES string of the molecule is CC(C)n1nnnc1Oc1ccc(NC(=O)N(C)C)cc1. The summed E-state index contributed by atoms with van der Waals surface area (Å²) in [5, 5.41) is 14.0. The Hall–Kier alpha value is -2.64. The van der Waals surface area contributed by atoms with Crippen molar-refractivity contribution < 1.29 is 9.53 Å². The van der Waals surface area contributed by atoms with E-state index in [-0.39, 0.29) is 12.1 Å². The van der Waals surface area contributed by atoms with Crippen LogP contribution < -0.4 is 10.1 Å². The predicted octanol–water partition coefficient (Wildman–Crippen LogP) is 2.14. The highest BCUT2D eigenvalue weighted by molar-refractivity contribution is 5.88. The molecule has 0 aliphatic heterocycles. The van der Waals surface area contributed by atoms with Gasteiger partial charge in [0.15, 0.2) is 0 Å². The van der Waals surface area contributed by atoms with E-state index in [1.54, 1.807) is 43.0 Å². The standard InChI is InChI=1S/C13H18N6O2/c1-9(2)19-13(15-16-17-19)21-11-7-5-10(6-8-11)14-12(20)18(3)4/h5-9H,1-4H3,(H,14,20). The number of carbonyl (C=O) groups excluding carboxylic acids is 1. The van der Waals surface area contributed by atoms with Gasteiger partial charge in [-0.25, -0.2) is 4.79 Å². The van der Waals surface area contributed by atoms with Gasteiger partial charge in [-0.15, -0.1) is 0 Å². The van der Waals surface area contributed by atoms with Crippen molar-refractivity contribution in [3.63, 3.8) is 0 Å². The predicted molar refractivity (Wildman–Crippen MR) is 77.4 cm³/mol. The van der Waals surface area contributed by atoms with Gasteiger partial charge in [0.1, 0.15) is 5.75 Å². The average Bonchev–Trinajstić information content (AvgIpc) is 2.89. The van der Waals surface area contributed by atoms with Gasteiger partial charge in [-0.05, 0) is 48.5 Å². The molecule has 2 rings (SSSR count). The molecule has 112 valence electrons. The zero-order valence-electron chi connectivity index (χ0n) is 12.4. The van der Waals surface area contributed by atoms with Gasteiger partial charge >= 0.3 is 12.0 Å². The second-order valence-electron chi connectivity index (χ2n) is 4.95. The monoisotopic (exact) mass is 290 g/mol. The molecule has 1 heterocycles. The third kappa shape index (κ3) is 3.68. The first-order valence-electron chi connectivity index (χ1n) is 6.51. The van der Waals surface area contributed by atoms with E-state index in [1.165, 1.54) is 4.90 Å². The number of ether oxygens (including phenoxy) is 1. The topological polar surface area (TPSA) is 85.2 Å². The number of hydrogen-bond acceptors (Lipinski definition) is 5. The van der Waals surface area contributed by atoms with Crippen LogP contribution in [0.25, 0.3) is 0 Å². The lowest BCUT2D eigenvalue weighted by molar-refractivity contribution is 0.230. The van der Waals surface area contributed by atoms with Crippen LogP contribution in [0.5, 0.6) is 11.8 Å². The van der Waals surface area contributed by atoms with Crippen LogP contribution in [0.2, 0.25) is 0 Å². The quantitative estimate of drug-likeness (QED) is 0.932. The second-order valence-corrected chi connectivity index (χ2v) is 4.95. The number of hydrogen-bond donors (Lipinski definition) is 1. The molecule has 8 heteroatoms. The zero-order chi connectivity index (χ0) is 15.4. The third-order valence-electron chi connectivity index (χ3n) is 2.67. The number of nitrogens with one attached hydrogen (secondary N) is 1. The minimum atomic E-state index is -0.188. The van der Waals surface area contributed by atoms with Gasteiger partial charge < -0.3 is 15.0 Å². The van der Waals surface area contributed by atoms with Crippen LogP contribution in [0.1, 0.15) is 19.9 Å². The third-order valence-corrected chi connectivity index (χ3v) is 2.67. The number of urea groups is 1. The highest BCUT2D eigenvalue weighted by Crippen LogP contribution is 2.22.